The summed E-state index contributed by atoms with van der Waals surface area (Å²) in [5, 5.41) is 0. The average Bonchev–Trinajstić information content (AvgIpc) is 2.72. The lowest BCUT2D eigenvalue weighted by Crippen LogP contribution is -2.11. The van der Waals surface area contributed by atoms with Gasteiger partial charge in [0.25, 0.3) is 0 Å². The molecule has 0 aromatic carbocycles. The zero-order chi connectivity index (χ0) is 9.03. The highest BCUT2D eigenvalue weighted by atomic mass is 16.6. The van der Waals surface area contributed by atoms with Gasteiger partial charge in [0.05, 0.1) is 11.7 Å². The Hall–Kier alpha value is -0.0400. The molecular formula is C11H22O. The Kier molecular flexibility index (Phi) is 3.57. The minimum Gasteiger partial charge on any atom is -0.366 e. The Labute approximate surface area is 76.5 Å². The fourth-order valence-corrected chi connectivity index (χ4v) is 1.98. The van der Waals surface area contributed by atoms with Crippen molar-refractivity contribution in [2.45, 2.75) is 71.0 Å². The number of epoxide rings is 1. The summed E-state index contributed by atoms with van der Waals surface area (Å²) in [7, 11) is 0. The van der Waals surface area contributed by atoms with Gasteiger partial charge >= 0.3 is 0 Å². The maximum Gasteiger partial charge on any atom is 0.0942 e. The molecule has 0 radical (unpaired) electrons. The maximum atomic E-state index is 5.63. The van der Waals surface area contributed by atoms with Gasteiger partial charge in [-0.1, -0.05) is 39.5 Å². The van der Waals surface area contributed by atoms with Gasteiger partial charge in [-0.25, -0.2) is 0 Å². The zero-order valence-corrected chi connectivity index (χ0v) is 8.73. The number of unbranched alkanes of at least 4 members (excludes halogenated alkanes) is 3. The van der Waals surface area contributed by atoms with Crippen LogP contribution >= 0.6 is 0 Å². The van der Waals surface area contributed by atoms with Gasteiger partial charge < -0.3 is 4.74 Å². The standard InChI is InChI=1S/C11H22O/c1-4-6-7-8-9-11(5-2)10(3)12-11/h10H,4-9H2,1-3H3. The molecule has 1 heteroatoms. The predicted molar refractivity (Wildman–Crippen MR) is 52.3 cm³/mol. The summed E-state index contributed by atoms with van der Waals surface area (Å²) in [5.74, 6) is 0. The lowest BCUT2D eigenvalue weighted by molar-refractivity contribution is 0.269. The largest absolute Gasteiger partial charge is 0.366 e. The topological polar surface area (TPSA) is 12.5 Å². The molecule has 1 nitrogen and oxygen atoms in total. The predicted octanol–water partition coefficient (Wildman–Crippen LogP) is 3.52. The van der Waals surface area contributed by atoms with Crippen molar-refractivity contribution in [3.63, 3.8) is 0 Å². The van der Waals surface area contributed by atoms with Gasteiger partial charge in [-0.05, 0) is 19.8 Å². The molecule has 12 heavy (non-hydrogen) atoms. The van der Waals surface area contributed by atoms with Crippen LogP contribution in [0.15, 0.2) is 0 Å². The van der Waals surface area contributed by atoms with E-state index in [2.05, 4.69) is 20.8 Å². The first-order valence-electron chi connectivity index (χ1n) is 5.43. The Bertz CT molecular complexity index is 129. The molecule has 0 aromatic rings. The Morgan fingerprint density at radius 2 is 1.83 bits per heavy atom. The number of ether oxygens (including phenoxy) is 1. The molecule has 72 valence electrons. The van der Waals surface area contributed by atoms with Crippen LogP contribution in [0, 0.1) is 0 Å². The van der Waals surface area contributed by atoms with Gasteiger partial charge in [0.2, 0.25) is 0 Å². The number of hydrogen-bond acceptors (Lipinski definition) is 1. The van der Waals surface area contributed by atoms with Crippen LogP contribution in [-0.4, -0.2) is 11.7 Å². The summed E-state index contributed by atoms with van der Waals surface area (Å²) >= 11 is 0. The molecule has 1 aliphatic heterocycles. The van der Waals surface area contributed by atoms with Gasteiger partial charge in [-0.2, -0.15) is 0 Å². The maximum absolute atomic E-state index is 5.63. The van der Waals surface area contributed by atoms with E-state index in [-0.39, 0.29) is 0 Å². The van der Waals surface area contributed by atoms with E-state index in [0.717, 1.165) is 0 Å². The van der Waals surface area contributed by atoms with Gasteiger partial charge in [0.15, 0.2) is 0 Å². The van der Waals surface area contributed by atoms with E-state index in [0.29, 0.717) is 11.7 Å². The minimum absolute atomic E-state index is 0.299. The van der Waals surface area contributed by atoms with Crippen molar-refractivity contribution >= 4 is 0 Å². The summed E-state index contributed by atoms with van der Waals surface area (Å²) in [5.41, 5.74) is 0.299. The summed E-state index contributed by atoms with van der Waals surface area (Å²) in [4.78, 5) is 0. The van der Waals surface area contributed by atoms with E-state index in [9.17, 15) is 0 Å². The highest BCUT2D eigenvalue weighted by Crippen LogP contribution is 2.43. The summed E-state index contributed by atoms with van der Waals surface area (Å²) < 4.78 is 5.63. The highest BCUT2D eigenvalue weighted by Gasteiger charge is 2.50. The number of hydrogen-bond donors (Lipinski definition) is 0. The van der Waals surface area contributed by atoms with Crippen molar-refractivity contribution in [2.24, 2.45) is 0 Å². The highest BCUT2D eigenvalue weighted by molar-refractivity contribution is 4.98. The van der Waals surface area contributed by atoms with Crippen LogP contribution in [0.25, 0.3) is 0 Å². The second kappa shape index (κ2) is 4.27. The third-order valence-corrected chi connectivity index (χ3v) is 3.15. The van der Waals surface area contributed by atoms with Gasteiger partial charge in [0, 0.05) is 0 Å². The third kappa shape index (κ3) is 2.22. The van der Waals surface area contributed by atoms with Crippen molar-refractivity contribution in [2.75, 3.05) is 0 Å². The monoisotopic (exact) mass is 170 g/mol. The van der Waals surface area contributed by atoms with E-state index in [4.69, 9.17) is 4.74 Å². The third-order valence-electron chi connectivity index (χ3n) is 3.15. The first-order chi connectivity index (χ1) is 5.75. The van der Waals surface area contributed by atoms with Crippen LogP contribution in [0.2, 0.25) is 0 Å². The first kappa shape index (κ1) is 10.0. The molecule has 0 aliphatic carbocycles. The molecule has 1 rings (SSSR count). The molecule has 1 fully saturated rings. The Morgan fingerprint density at radius 3 is 2.25 bits per heavy atom. The van der Waals surface area contributed by atoms with Gasteiger partial charge in [0.1, 0.15) is 0 Å². The second-order valence-corrected chi connectivity index (χ2v) is 3.99. The Morgan fingerprint density at radius 1 is 1.17 bits per heavy atom. The van der Waals surface area contributed by atoms with E-state index in [1.165, 1.54) is 38.5 Å². The van der Waals surface area contributed by atoms with Crippen LogP contribution in [0.3, 0.4) is 0 Å². The first-order valence-corrected chi connectivity index (χ1v) is 5.43. The average molecular weight is 170 g/mol. The van der Waals surface area contributed by atoms with Crippen molar-refractivity contribution in [3.8, 4) is 0 Å². The van der Waals surface area contributed by atoms with E-state index in [1.54, 1.807) is 0 Å². The molecule has 0 saturated carbocycles. The molecule has 2 atom stereocenters. The normalized spacial score (nSPS) is 33.8. The van der Waals surface area contributed by atoms with Crippen LogP contribution in [0.1, 0.15) is 59.3 Å². The quantitative estimate of drug-likeness (QED) is 0.439. The second-order valence-electron chi connectivity index (χ2n) is 3.99. The lowest BCUT2D eigenvalue weighted by Gasteiger charge is -2.08. The molecule has 0 amide bonds. The van der Waals surface area contributed by atoms with Crippen molar-refractivity contribution < 1.29 is 4.74 Å². The van der Waals surface area contributed by atoms with Crippen molar-refractivity contribution in [3.05, 3.63) is 0 Å². The van der Waals surface area contributed by atoms with Crippen LogP contribution < -0.4 is 0 Å². The molecule has 0 bridgehead atoms. The Balaban J connectivity index is 2.06. The summed E-state index contributed by atoms with van der Waals surface area (Å²) in [6.07, 6.45) is 8.46. The molecule has 2 unspecified atom stereocenters. The van der Waals surface area contributed by atoms with Crippen molar-refractivity contribution in [1.82, 2.24) is 0 Å². The molecular weight excluding hydrogens is 148 g/mol. The molecule has 1 saturated heterocycles. The lowest BCUT2D eigenvalue weighted by atomic mass is 9.95. The fraction of sp³-hybridized carbons (Fsp3) is 1.00. The molecule has 1 heterocycles. The molecule has 0 N–H and O–H groups in total. The zero-order valence-electron chi connectivity index (χ0n) is 8.73. The van der Waals surface area contributed by atoms with Crippen LogP contribution in [0.4, 0.5) is 0 Å². The van der Waals surface area contributed by atoms with Crippen LogP contribution in [-0.2, 0) is 4.74 Å². The summed E-state index contributed by atoms with van der Waals surface area (Å²) in [6.45, 7) is 6.69. The van der Waals surface area contributed by atoms with Crippen molar-refractivity contribution in [1.29, 1.82) is 0 Å². The van der Waals surface area contributed by atoms with E-state index in [1.807, 2.05) is 0 Å². The minimum atomic E-state index is 0.299. The van der Waals surface area contributed by atoms with Crippen LogP contribution in [0.5, 0.6) is 0 Å². The van der Waals surface area contributed by atoms with E-state index >= 15 is 0 Å². The fourth-order valence-electron chi connectivity index (χ4n) is 1.98. The smallest absolute Gasteiger partial charge is 0.0942 e. The van der Waals surface area contributed by atoms with E-state index < -0.39 is 0 Å². The molecule has 0 spiro atoms. The molecule has 0 aromatic heterocycles. The SMILES string of the molecule is CCCCCCC1(CC)OC1C. The van der Waals surface area contributed by atoms with Gasteiger partial charge in [-0.15, -0.1) is 0 Å². The number of rotatable bonds is 6. The molecule has 1 aliphatic rings. The van der Waals surface area contributed by atoms with Gasteiger partial charge in [-0.3, -0.25) is 0 Å². The summed E-state index contributed by atoms with van der Waals surface area (Å²) in [6, 6.07) is 0.